The van der Waals surface area contributed by atoms with Gasteiger partial charge in [-0.2, -0.15) is 4.31 Å². The Bertz CT molecular complexity index is 1120. The molecule has 0 saturated heterocycles. The number of methoxy groups -OCH3 is 1. The maximum Gasteiger partial charge on any atom is 0.271 e. The van der Waals surface area contributed by atoms with Crippen molar-refractivity contribution < 1.29 is 27.5 Å². The van der Waals surface area contributed by atoms with Gasteiger partial charge in [0.1, 0.15) is 0 Å². The van der Waals surface area contributed by atoms with Crippen molar-refractivity contribution in [2.45, 2.75) is 38.7 Å². The van der Waals surface area contributed by atoms with Crippen LogP contribution in [0.3, 0.4) is 0 Å². The van der Waals surface area contributed by atoms with Gasteiger partial charge in [0, 0.05) is 18.7 Å². The second-order valence-corrected chi connectivity index (χ2v) is 9.52. The average Bonchev–Trinajstić information content (AvgIpc) is 2.77. The molecule has 0 saturated carbocycles. The van der Waals surface area contributed by atoms with Gasteiger partial charge in [0.2, 0.25) is 10.0 Å². The van der Waals surface area contributed by atoms with Crippen LogP contribution in [0.4, 0.5) is 0 Å². The summed E-state index contributed by atoms with van der Waals surface area (Å²) < 4.78 is 37.6. The lowest BCUT2D eigenvalue weighted by molar-refractivity contribution is 0.0846. The van der Waals surface area contributed by atoms with Gasteiger partial charge in [0.05, 0.1) is 28.7 Å². The molecule has 0 aromatic heterocycles. The highest BCUT2D eigenvalue weighted by molar-refractivity contribution is 7.89. The molecular formula is C22H28ClN3O6S. The Morgan fingerprint density at radius 2 is 1.64 bits per heavy atom. The molecule has 2 N–H and O–H groups in total. The number of ether oxygens (including phenoxy) is 2. The van der Waals surface area contributed by atoms with Crippen LogP contribution < -0.4 is 20.3 Å². The maximum absolute atomic E-state index is 12.7. The summed E-state index contributed by atoms with van der Waals surface area (Å²) in [6.45, 7) is 7.73. The van der Waals surface area contributed by atoms with E-state index in [1.807, 2.05) is 13.8 Å². The van der Waals surface area contributed by atoms with Crippen molar-refractivity contribution in [1.29, 1.82) is 0 Å². The summed E-state index contributed by atoms with van der Waals surface area (Å²) in [6.07, 6.45) is -0.0797. The van der Waals surface area contributed by atoms with Crippen molar-refractivity contribution in [1.82, 2.24) is 15.2 Å². The van der Waals surface area contributed by atoms with E-state index in [1.165, 1.54) is 41.7 Å². The fourth-order valence-corrected chi connectivity index (χ4v) is 4.65. The fraction of sp³-hybridized carbons (Fsp3) is 0.364. The Morgan fingerprint density at radius 1 is 1.00 bits per heavy atom. The van der Waals surface area contributed by atoms with Crippen LogP contribution in [-0.4, -0.2) is 50.8 Å². The molecule has 0 aliphatic rings. The van der Waals surface area contributed by atoms with Crippen LogP contribution in [0.2, 0.25) is 5.02 Å². The first-order valence-electron chi connectivity index (χ1n) is 10.3. The molecule has 0 aliphatic carbocycles. The van der Waals surface area contributed by atoms with Crippen LogP contribution in [0.5, 0.6) is 11.5 Å². The Hall–Kier alpha value is -2.82. The minimum atomic E-state index is -3.79. The number of hydrogen-bond acceptors (Lipinski definition) is 6. The van der Waals surface area contributed by atoms with Crippen molar-refractivity contribution in [3.63, 3.8) is 0 Å². The van der Waals surface area contributed by atoms with Crippen LogP contribution in [-0.2, 0) is 10.0 Å². The summed E-state index contributed by atoms with van der Waals surface area (Å²) >= 11 is 6.11. The molecule has 0 bridgehead atoms. The SMILES string of the molecule is CCN(CC)S(=O)(=O)c1ccc(Cl)c(C(=O)NNC(=O)c2ccc(OC(C)C)c(OC)c2)c1. The molecule has 2 rings (SSSR count). The Kier molecular flexibility index (Phi) is 9.09. The van der Waals surface area contributed by atoms with E-state index < -0.39 is 21.8 Å². The van der Waals surface area contributed by atoms with Crippen LogP contribution in [0.25, 0.3) is 0 Å². The molecule has 0 radical (unpaired) electrons. The third-order valence-corrected chi connectivity index (χ3v) is 6.98. The Morgan fingerprint density at radius 3 is 2.21 bits per heavy atom. The number of carbonyl (C=O) groups excluding carboxylic acids is 2. The number of hydrogen-bond donors (Lipinski definition) is 2. The molecule has 0 fully saturated rings. The first kappa shape index (κ1) is 26.4. The molecule has 0 aliphatic heterocycles. The summed E-state index contributed by atoms with van der Waals surface area (Å²) in [7, 11) is -2.34. The second-order valence-electron chi connectivity index (χ2n) is 7.17. The highest BCUT2D eigenvalue weighted by atomic mass is 35.5. The molecule has 2 amide bonds. The van der Waals surface area contributed by atoms with Gasteiger partial charge in [-0.3, -0.25) is 20.4 Å². The van der Waals surface area contributed by atoms with Gasteiger partial charge in [-0.25, -0.2) is 8.42 Å². The number of amides is 2. The van der Waals surface area contributed by atoms with E-state index in [1.54, 1.807) is 19.9 Å². The minimum Gasteiger partial charge on any atom is -0.493 e. The molecule has 0 atom stereocenters. The number of rotatable bonds is 9. The third kappa shape index (κ3) is 6.37. The normalized spacial score (nSPS) is 11.4. The number of nitrogens with one attached hydrogen (secondary N) is 2. The lowest BCUT2D eigenvalue weighted by Crippen LogP contribution is -2.41. The third-order valence-electron chi connectivity index (χ3n) is 4.60. The summed E-state index contributed by atoms with van der Waals surface area (Å²) in [5.41, 5.74) is 4.66. The van der Waals surface area contributed by atoms with E-state index in [2.05, 4.69) is 10.9 Å². The minimum absolute atomic E-state index is 0.0390. The lowest BCUT2D eigenvalue weighted by Gasteiger charge is -2.19. The lowest BCUT2D eigenvalue weighted by atomic mass is 10.2. The van der Waals surface area contributed by atoms with Crippen LogP contribution in [0.15, 0.2) is 41.3 Å². The van der Waals surface area contributed by atoms with Gasteiger partial charge >= 0.3 is 0 Å². The van der Waals surface area contributed by atoms with Gasteiger partial charge in [-0.15, -0.1) is 0 Å². The second kappa shape index (κ2) is 11.4. The maximum atomic E-state index is 12.7. The Balaban J connectivity index is 2.19. The van der Waals surface area contributed by atoms with E-state index >= 15 is 0 Å². The average molecular weight is 498 g/mol. The molecule has 2 aromatic carbocycles. The van der Waals surface area contributed by atoms with Crippen LogP contribution in [0.1, 0.15) is 48.4 Å². The monoisotopic (exact) mass is 497 g/mol. The zero-order chi connectivity index (χ0) is 24.8. The number of hydrazine groups is 1. The predicted octanol–water partition coefficient (Wildman–Crippen LogP) is 3.24. The standard InChI is InChI=1S/C22H28ClN3O6S/c1-6-26(7-2)33(29,30)16-9-10-18(23)17(13-16)22(28)25-24-21(27)15-8-11-19(32-14(3)4)20(12-15)31-5/h8-14H,6-7H2,1-5H3,(H,24,27)(H,25,28). The molecule has 2 aromatic rings. The first-order valence-corrected chi connectivity index (χ1v) is 12.1. The van der Waals surface area contributed by atoms with E-state index in [-0.39, 0.29) is 40.2 Å². The zero-order valence-corrected chi connectivity index (χ0v) is 20.7. The number of nitrogens with zero attached hydrogens (tertiary/aromatic N) is 1. The Labute approximate surface area is 199 Å². The van der Waals surface area contributed by atoms with Crippen molar-refractivity contribution in [2.24, 2.45) is 0 Å². The number of halogens is 1. The largest absolute Gasteiger partial charge is 0.493 e. The molecule has 0 spiro atoms. The van der Waals surface area contributed by atoms with Gasteiger partial charge in [0.15, 0.2) is 11.5 Å². The molecule has 9 nitrogen and oxygen atoms in total. The van der Waals surface area contributed by atoms with Gasteiger partial charge in [-0.1, -0.05) is 25.4 Å². The van der Waals surface area contributed by atoms with E-state index in [4.69, 9.17) is 21.1 Å². The van der Waals surface area contributed by atoms with Gasteiger partial charge < -0.3 is 9.47 Å². The summed E-state index contributed by atoms with van der Waals surface area (Å²) in [6, 6.07) is 8.42. The summed E-state index contributed by atoms with van der Waals surface area (Å²) in [5.74, 6) is -0.538. The predicted molar refractivity (Wildman–Crippen MR) is 125 cm³/mol. The molecular weight excluding hydrogens is 470 g/mol. The smallest absolute Gasteiger partial charge is 0.271 e. The van der Waals surface area contributed by atoms with Crippen molar-refractivity contribution in [2.75, 3.05) is 20.2 Å². The van der Waals surface area contributed by atoms with Crippen molar-refractivity contribution in [3.05, 3.63) is 52.5 Å². The topological polar surface area (TPSA) is 114 Å². The van der Waals surface area contributed by atoms with Crippen LogP contribution >= 0.6 is 11.6 Å². The van der Waals surface area contributed by atoms with Gasteiger partial charge in [-0.05, 0) is 50.2 Å². The fourth-order valence-electron chi connectivity index (χ4n) is 2.96. The van der Waals surface area contributed by atoms with E-state index in [0.717, 1.165) is 0 Å². The molecule has 33 heavy (non-hydrogen) atoms. The molecule has 180 valence electrons. The zero-order valence-electron chi connectivity index (χ0n) is 19.1. The highest BCUT2D eigenvalue weighted by Crippen LogP contribution is 2.29. The van der Waals surface area contributed by atoms with Gasteiger partial charge in [0.25, 0.3) is 11.8 Å². The van der Waals surface area contributed by atoms with Crippen molar-refractivity contribution in [3.8, 4) is 11.5 Å². The van der Waals surface area contributed by atoms with Crippen LogP contribution in [0, 0.1) is 0 Å². The summed E-state index contributed by atoms with van der Waals surface area (Å²) in [5, 5.41) is 0.0390. The number of sulfonamides is 1. The van der Waals surface area contributed by atoms with Crippen molar-refractivity contribution >= 4 is 33.4 Å². The van der Waals surface area contributed by atoms with E-state index in [0.29, 0.717) is 11.5 Å². The van der Waals surface area contributed by atoms with E-state index in [9.17, 15) is 18.0 Å². The quantitative estimate of drug-likeness (QED) is 0.514. The highest BCUT2D eigenvalue weighted by Gasteiger charge is 2.24. The number of benzene rings is 2. The molecule has 11 heteroatoms. The molecule has 0 heterocycles. The first-order chi connectivity index (χ1) is 15.5. The molecule has 0 unspecified atom stereocenters. The summed E-state index contributed by atoms with van der Waals surface area (Å²) in [4.78, 5) is 25.1. The number of carbonyl (C=O) groups is 2.